The fraction of sp³-hybridized carbons (Fsp3) is 0.679. The monoisotopic (exact) mass is 1540 g/mol. The second-order valence-corrected chi connectivity index (χ2v) is 31.6. The van der Waals surface area contributed by atoms with E-state index in [1.807, 2.05) is 51.1 Å². The van der Waals surface area contributed by atoms with E-state index in [-0.39, 0.29) is 71.1 Å². The number of carbonyl (C=O) groups excluding carboxylic acids is 12. The number of nitrogens with zero attached hydrogens (tertiary/aromatic N) is 10. The Morgan fingerprint density at radius 3 is 1.94 bits per heavy atom. The lowest BCUT2D eigenvalue weighted by molar-refractivity contribution is -0.166. The first-order valence-electron chi connectivity index (χ1n) is 39.7. The van der Waals surface area contributed by atoms with Crippen molar-refractivity contribution in [1.82, 2.24) is 59.6 Å². The molecule has 3 saturated carbocycles. The fourth-order valence-corrected chi connectivity index (χ4v) is 16.9. The summed E-state index contributed by atoms with van der Waals surface area (Å²) in [5.74, 6) is -9.04. The molecular weight excluding hydrogens is 1420 g/mol. The third kappa shape index (κ3) is 19.6. The van der Waals surface area contributed by atoms with Gasteiger partial charge in [-0.15, -0.1) is 0 Å². The first-order valence-corrected chi connectivity index (χ1v) is 39.7. The van der Waals surface area contributed by atoms with Crippen LogP contribution in [0.25, 0.3) is 0 Å². The van der Waals surface area contributed by atoms with Crippen molar-refractivity contribution in [3.63, 3.8) is 0 Å². The average Bonchev–Trinajstić information content (AvgIpc) is 1.15. The van der Waals surface area contributed by atoms with Gasteiger partial charge in [0.2, 0.25) is 70.9 Å². The van der Waals surface area contributed by atoms with Gasteiger partial charge in [0.05, 0.1) is 31.7 Å². The molecule has 4 heterocycles. The van der Waals surface area contributed by atoms with Crippen molar-refractivity contribution >= 4 is 70.9 Å². The van der Waals surface area contributed by atoms with Gasteiger partial charge in [0.25, 0.3) is 0 Å². The van der Waals surface area contributed by atoms with Crippen LogP contribution >= 0.6 is 0 Å². The number of likely N-dealkylation sites (tertiary alicyclic amines) is 1. The van der Waals surface area contributed by atoms with Gasteiger partial charge in [0.1, 0.15) is 66.2 Å². The number of hydrogen-bond acceptors (Lipinski definition) is 14. The average molecular weight is 1540 g/mol. The SMILES string of the molecule is CCC[C@H]1C(=O)N[C@@H]([C@@H](C)CC)C(=O)N(C2CC2)CC(=O)N(C)[C@@H]2C/C=C\CCN(C2=O)[C@@H](Cc2ccc(C)cc2)C(=O)N(C)CC(=O)N[C@@H](CCc2ccc(C(F)(F)F)c(OC)c2)C(=O)N2C[C@H](OCC)C[C@H]2C(=O)N(C)C2(CCC2)C(=O)N(C)[C@@H](C2CCCC2)C(=O)N(C)[C@H](C(=O)N2CCCCC2)CC(=O)N1C. The number of rotatable bonds is 15. The van der Waals surface area contributed by atoms with Gasteiger partial charge < -0.3 is 69.1 Å². The van der Waals surface area contributed by atoms with Crippen molar-refractivity contribution < 1.29 is 80.2 Å². The summed E-state index contributed by atoms with van der Waals surface area (Å²) in [7, 11) is 9.84. The number of carbonyl (C=O) groups is 12. The van der Waals surface area contributed by atoms with E-state index in [2.05, 4.69) is 10.6 Å². The summed E-state index contributed by atoms with van der Waals surface area (Å²) in [6.07, 6.45) is 5.08. The quantitative estimate of drug-likeness (QED) is 0.185. The highest BCUT2D eigenvalue weighted by Crippen LogP contribution is 2.43. The number of benzene rings is 2. The second kappa shape index (κ2) is 37.6. The third-order valence-electron chi connectivity index (χ3n) is 24.2. The lowest BCUT2D eigenvalue weighted by Gasteiger charge is -2.51. The van der Waals surface area contributed by atoms with Crippen molar-refractivity contribution in [2.75, 3.05) is 95.3 Å². The van der Waals surface area contributed by atoms with Gasteiger partial charge in [-0.05, 0) is 145 Å². The highest BCUT2D eigenvalue weighted by atomic mass is 19.4. The zero-order valence-electron chi connectivity index (χ0n) is 66.5. The minimum absolute atomic E-state index is 0.00108. The van der Waals surface area contributed by atoms with Crippen LogP contribution in [0.1, 0.15) is 178 Å². The van der Waals surface area contributed by atoms with Crippen LogP contribution in [0, 0.1) is 18.8 Å². The standard InChI is InChI=1S/C81H117F3N12O14/c1-13-25-60-71(100)86-69(52(5)14-2)77(106)95(56-35-36-56)50-68(99)89(8)61-28-18-16-23-43-94(76(61)105)63(44-53-31-29-51(4)30-32-53)73(102)87(6)49-66(97)85-59(38-34-54-33-37-58(81(82,83)84)65(45-54)109-12)72(101)96-48-57(110-15-3)46-64(96)74(103)92(11)80(39-24-40-80)79(108)91(10)70(55-26-19-20-27-55)78(107)90(9)62(47-67(98)88(60)7)75(104)93-41-21-17-22-42-93/h16,18,29-33,37,45,52,55-57,59-64,69-70H,13-15,17,19-28,34-36,38-44,46-50H2,1-12H3,(H,85,97)(H,86,100)/b18-16-/t52-,57+,59-,60-,61+,62-,63-,64-,69-,70-/m0/s1. The zero-order valence-corrected chi connectivity index (χ0v) is 66.5. The van der Waals surface area contributed by atoms with Gasteiger partial charge in [-0.3, -0.25) is 57.5 Å². The lowest BCUT2D eigenvalue weighted by Crippen LogP contribution is -2.68. The summed E-state index contributed by atoms with van der Waals surface area (Å²) in [5, 5.41) is 5.83. The van der Waals surface area contributed by atoms with Crippen LogP contribution < -0.4 is 15.4 Å². The largest absolute Gasteiger partial charge is 0.496 e. The summed E-state index contributed by atoms with van der Waals surface area (Å²) in [6.45, 7) is 8.72. The summed E-state index contributed by atoms with van der Waals surface area (Å²) in [6, 6.07) is -0.0683. The molecule has 9 rings (SSSR count). The molecule has 7 aliphatic rings. The van der Waals surface area contributed by atoms with E-state index < -0.39 is 186 Å². The van der Waals surface area contributed by atoms with Gasteiger partial charge in [0.15, 0.2) is 0 Å². The molecule has 4 aliphatic heterocycles. The Morgan fingerprint density at radius 2 is 1.33 bits per heavy atom. The predicted octanol–water partition coefficient (Wildman–Crippen LogP) is 6.31. The number of methoxy groups -OCH3 is 1. The first-order chi connectivity index (χ1) is 52.3. The van der Waals surface area contributed by atoms with Crippen molar-refractivity contribution in [2.45, 2.75) is 248 Å². The number of halogens is 3. The van der Waals surface area contributed by atoms with Crippen LogP contribution in [0.4, 0.5) is 13.2 Å². The molecule has 2 aromatic carbocycles. The molecule has 3 aliphatic carbocycles. The molecule has 10 atom stereocenters. The van der Waals surface area contributed by atoms with E-state index in [9.17, 15) is 18.0 Å². The van der Waals surface area contributed by atoms with E-state index in [0.717, 1.165) is 42.9 Å². The van der Waals surface area contributed by atoms with Gasteiger partial charge in [-0.25, -0.2) is 0 Å². The Balaban J connectivity index is 1.14. The van der Waals surface area contributed by atoms with Crippen LogP contribution in [0.3, 0.4) is 0 Å². The summed E-state index contributed by atoms with van der Waals surface area (Å²) in [5.41, 5.74) is -0.721. The van der Waals surface area contributed by atoms with Crippen LogP contribution in [-0.2, 0) is 81.3 Å². The van der Waals surface area contributed by atoms with E-state index in [4.69, 9.17) is 9.47 Å². The number of alkyl halides is 3. The molecule has 29 heteroatoms. The van der Waals surface area contributed by atoms with Crippen LogP contribution in [0.2, 0.25) is 0 Å². The molecule has 110 heavy (non-hydrogen) atoms. The molecule has 2 aromatic rings. The molecule has 3 saturated heterocycles. The molecule has 606 valence electrons. The molecule has 2 bridgehead atoms. The number of aryl methyl sites for hydroxylation is 2. The van der Waals surface area contributed by atoms with E-state index >= 15 is 52.7 Å². The van der Waals surface area contributed by atoms with Crippen molar-refractivity contribution in [2.24, 2.45) is 11.8 Å². The normalized spacial score (nSPS) is 27.2. The number of hydrogen-bond donors (Lipinski definition) is 2. The molecule has 0 unspecified atom stereocenters. The van der Waals surface area contributed by atoms with E-state index in [0.29, 0.717) is 88.4 Å². The molecule has 12 amide bonds. The Kier molecular flexibility index (Phi) is 29.2. The number of piperidine rings is 1. The van der Waals surface area contributed by atoms with Crippen molar-refractivity contribution in [3.05, 3.63) is 76.9 Å². The Morgan fingerprint density at radius 1 is 0.655 bits per heavy atom. The third-order valence-corrected chi connectivity index (χ3v) is 24.2. The predicted molar refractivity (Wildman–Crippen MR) is 404 cm³/mol. The summed E-state index contributed by atoms with van der Waals surface area (Å²) < 4.78 is 54.1. The van der Waals surface area contributed by atoms with Crippen molar-refractivity contribution in [3.8, 4) is 5.75 Å². The molecule has 0 radical (unpaired) electrons. The van der Waals surface area contributed by atoms with Crippen molar-refractivity contribution in [1.29, 1.82) is 0 Å². The number of nitrogens with one attached hydrogen (secondary N) is 2. The number of amides is 12. The summed E-state index contributed by atoms with van der Waals surface area (Å²) >= 11 is 0. The molecule has 1 spiro atoms. The molecule has 2 N–H and O–H groups in total. The van der Waals surface area contributed by atoms with Gasteiger partial charge in [0, 0.05) is 94.0 Å². The highest BCUT2D eigenvalue weighted by Gasteiger charge is 2.57. The fourth-order valence-electron chi connectivity index (χ4n) is 16.9. The van der Waals surface area contributed by atoms with Gasteiger partial charge >= 0.3 is 6.18 Å². The van der Waals surface area contributed by atoms with Crippen LogP contribution in [-0.4, -0.2) is 281 Å². The Hall–Kier alpha value is -8.63. The summed E-state index contributed by atoms with van der Waals surface area (Å²) in [4.78, 5) is 199. The second-order valence-electron chi connectivity index (χ2n) is 31.6. The van der Waals surface area contributed by atoms with Crippen LogP contribution in [0.5, 0.6) is 5.75 Å². The highest BCUT2D eigenvalue weighted by molar-refractivity contribution is 6.01. The molecule has 26 nitrogen and oxygen atoms in total. The number of fused-ring (bicyclic) bond motifs is 3. The van der Waals surface area contributed by atoms with E-state index in [1.165, 1.54) is 93.6 Å². The lowest BCUT2D eigenvalue weighted by atomic mass is 9.73. The molecule has 0 aromatic heterocycles. The minimum Gasteiger partial charge on any atom is -0.496 e. The molecule has 6 fully saturated rings. The number of ether oxygens (including phenoxy) is 2. The van der Waals surface area contributed by atoms with Gasteiger partial charge in [-0.1, -0.05) is 94.5 Å². The first kappa shape index (κ1) is 85.4. The smallest absolute Gasteiger partial charge is 0.419 e. The maximum Gasteiger partial charge on any atom is 0.419 e. The zero-order chi connectivity index (χ0) is 80.2. The topological polar surface area (TPSA) is 280 Å². The van der Waals surface area contributed by atoms with Gasteiger partial charge in [-0.2, -0.15) is 13.2 Å². The Bertz CT molecular complexity index is 3690. The maximum atomic E-state index is 15.9. The van der Waals surface area contributed by atoms with E-state index in [1.54, 1.807) is 24.8 Å². The Labute approximate surface area is 645 Å². The van der Waals surface area contributed by atoms with Crippen LogP contribution in [0.15, 0.2) is 54.6 Å². The minimum atomic E-state index is -4.78. The number of likely N-dealkylation sites (N-methyl/N-ethyl adjacent to an activating group) is 6. The molecular formula is C81H117F3N12O14. The maximum absolute atomic E-state index is 15.9.